The van der Waals surface area contributed by atoms with Gasteiger partial charge in [0, 0.05) is 35.4 Å². The molecule has 0 spiro atoms. The number of nitro benzene ring substituents is 2. The van der Waals surface area contributed by atoms with Gasteiger partial charge in [-0.05, 0) is 59.7 Å². The van der Waals surface area contributed by atoms with Gasteiger partial charge in [0.15, 0.2) is 0 Å². The van der Waals surface area contributed by atoms with Crippen LogP contribution in [0.5, 0.6) is 5.75 Å². The van der Waals surface area contributed by atoms with E-state index in [0.717, 1.165) is 46.6 Å². The Morgan fingerprint density at radius 2 is 1.29 bits per heavy atom. The van der Waals surface area contributed by atoms with Crippen molar-refractivity contribution in [2.45, 2.75) is 11.4 Å². The summed E-state index contributed by atoms with van der Waals surface area (Å²) in [6.07, 6.45) is 5.30. The standard InChI is InChI=1S/C36H33N3O11S/c40-36-34(6-3-4-27-8-12-29(13-9-27)38(41)42)33-5-1-2-7-35(33)37(36)26-28-10-16-31(17-11-28)49-24-22-47-20-21-48-23-25-50-51(45,46)32-18-14-30(15-19-32)39(43)44/h1-19H,20-26H2. The number of para-hydroxylation sites is 1. The van der Waals surface area contributed by atoms with Crippen LogP contribution in [0.15, 0.2) is 114 Å². The second-order valence-electron chi connectivity index (χ2n) is 10.9. The van der Waals surface area contributed by atoms with E-state index in [9.17, 15) is 33.4 Å². The van der Waals surface area contributed by atoms with Gasteiger partial charge in [0.05, 0.1) is 60.0 Å². The van der Waals surface area contributed by atoms with Crippen LogP contribution in [0.3, 0.4) is 0 Å². The van der Waals surface area contributed by atoms with Gasteiger partial charge in [0.2, 0.25) is 0 Å². The number of hydrogen-bond donors (Lipinski definition) is 0. The maximum atomic E-state index is 13.5. The average molecular weight is 716 g/mol. The number of nitro groups is 2. The predicted octanol–water partition coefficient (Wildman–Crippen LogP) is 5.96. The van der Waals surface area contributed by atoms with Crippen LogP contribution in [0.25, 0.3) is 11.6 Å². The zero-order chi connectivity index (χ0) is 36.2. The van der Waals surface area contributed by atoms with Crippen molar-refractivity contribution in [3.8, 4) is 5.75 Å². The SMILES string of the molecule is O=C1C(=CC=Cc2ccc([N+](=O)[O-])cc2)c2ccccc2N1Cc1ccc(OCCOCCOCCOS(=O)(=O)c2ccc([N+](=O)[O-])cc2)cc1. The molecule has 1 aliphatic rings. The number of fused-ring (bicyclic) bond motifs is 1. The summed E-state index contributed by atoms with van der Waals surface area (Å²) >= 11 is 0. The smallest absolute Gasteiger partial charge is 0.297 e. The first-order valence-corrected chi connectivity index (χ1v) is 17.1. The lowest BCUT2D eigenvalue weighted by atomic mass is 10.1. The van der Waals surface area contributed by atoms with Crippen molar-refractivity contribution in [1.82, 2.24) is 0 Å². The molecule has 5 rings (SSSR count). The third kappa shape index (κ3) is 9.92. The molecule has 0 aliphatic carbocycles. The number of ether oxygens (including phenoxy) is 3. The molecule has 4 aromatic rings. The molecule has 0 radical (unpaired) electrons. The molecule has 1 amide bonds. The highest BCUT2D eigenvalue weighted by Crippen LogP contribution is 2.37. The Hall–Kier alpha value is -5.74. The van der Waals surface area contributed by atoms with Crippen molar-refractivity contribution < 1.29 is 41.5 Å². The Bertz CT molecular complexity index is 2010. The minimum atomic E-state index is -4.06. The van der Waals surface area contributed by atoms with E-state index in [1.54, 1.807) is 35.3 Å². The number of carbonyl (C=O) groups excluding carboxylic acids is 1. The first kappa shape index (κ1) is 36.5. The van der Waals surface area contributed by atoms with Crippen molar-refractivity contribution in [2.75, 3.05) is 44.5 Å². The van der Waals surface area contributed by atoms with E-state index in [-0.39, 0.29) is 55.2 Å². The summed E-state index contributed by atoms with van der Waals surface area (Å²) in [6, 6.07) is 25.5. The number of allylic oxidation sites excluding steroid dienone is 2. The van der Waals surface area contributed by atoms with Gasteiger partial charge < -0.3 is 19.1 Å². The molecule has 0 N–H and O–H groups in total. The Morgan fingerprint density at radius 1 is 0.706 bits per heavy atom. The molecule has 15 heteroatoms. The highest BCUT2D eigenvalue weighted by molar-refractivity contribution is 7.86. The lowest BCUT2D eigenvalue weighted by molar-refractivity contribution is -0.385. The summed E-state index contributed by atoms with van der Waals surface area (Å²) in [5.74, 6) is 0.501. The fourth-order valence-electron chi connectivity index (χ4n) is 5.01. The van der Waals surface area contributed by atoms with Crippen LogP contribution in [-0.4, -0.2) is 63.8 Å². The van der Waals surface area contributed by atoms with Gasteiger partial charge >= 0.3 is 0 Å². The topological polar surface area (TPSA) is 178 Å². The fraction of sp³-hybridized carbons (Fsp3) is 0.194. The minimum Gasteiger partial charge on any atom is -0.491 e. The molecular formula is C36H33N3O11S. The van der Waals surface area contributed by atoms with Gasteiger partial charge in [-0.25, -0.2) is 0 Å². The van der Waals surface area contributed by atoms with Gasteiger partial charge in [0.1, 0.15) is 12.4 Å². The normalized spacial score (nSPS) is 13.5. The number of anilines is 1. The number of benzene rings is 4. The van der Waals surface area contributed by atoms with E-state index in [1.807, 2.05) is 48.5 Å². The molecule has 51 heavy (non-hydrogen) atoms. The molecule has 0 fully saturated rings. The first-order valence-electron chi connectivity index (χ1n) is 15.7. The first-order chi connectivity index (χ1) is 24.6. The van der Waals surface area contributed by atoms with Crippen LogP contribution in [0, 0.1) is 20.2 Å². The molecule has 0 aromatic heterocycles. The fourth-order valence-corrected chi connectivity index (χ4v) is 5.90. The number of carbonyl (C=O) groups is 1. The van der Waals surface area contributed by atoms with E-state index in [0.29, 0.717) is 24.5 Å². The molecule has 0 unspecified atom stereocenters. The highest BCUT2D eigenvalue weighted by Gasteiger charge is 2.31. The number of hydrogen-bond acceptors (Lipinski definition) is 11. The Balaban J connectivity index is 1.01. The van der Waals surface area contributed by atoms with Crippen LogP contribution in [0.1, 0.15) is 16.7 Å². The Kier molecular flexibility index (Phi) is 12.4. The number of nitrogens with zero attached hydrogens (tertiary/aromatic N) is 3. The molecule has 4 aromatic carbocycles. The Labute approximate surface area is 293 Å². The maximum absolute atomic E-state index is 13.5. The van der Waals surface area contributed by atoms with Gasteiger partial charge in [-0.3, -0.25) is 29.2 Å². The molecule has 0 atom stereocenters. The third-order valence-corrected chi connectivity index (χ3v) is 8.88. The number of amides is 1. The zero-order valence-corrected chi connectivity index (χ0v) is 28.0. The summed E-state index contributed by atoms with van der Waals surface area (Å²) in [6.45, 7) is 1.19. The summed E-state index contributed by atoms with van der Waals surface area (Å²) in [4.78, 5) is 35.5. The summed E-state index contributed by atoms with van der Waals surface area (Å²) in [5.41, 5.74) is 3.65. The van der Waals surface area contributed by atoms with Crippen LogP contribution in [0.4, 0.5) is 17.1 Å². The van der Waals surface area contributed by atoms with Gasteiger partial charge in [-0.15, -0.1) is 0 Å². The monoisotopic (exact) mass is 715 g/mol. The highest BCUT2D eigenvalue weighted by atomic mass is 32.2. The molecule has 264 valence electrons. The largest absolute Gasteiger partial charge is 0.491 e. The summed E-state index contributed by atoms with van der Waals surface area (Å²) < 4.78 is 45.8. The van der Waals surface area contributed by atoms with Crippen molar-refractivity contribution in [3.05, 3.63) is 146 Å². The maximum Gasteiger partial charge on any atom is 0.297 e. The van der Waals surface area contributed by atoms with Crippen molar-refractivity contribution in [1.29, 1.82) is 0 Å². The predicted molar refractivity (Wildman–Crippen MR) is 188 cm³/mol. The van der Waals surface area contributed by atoms with E-state index in [4.69, 9.17) is 18.4 Å². The Morgan fingerprint density at radius 3 is 1.94 bits per heavy atom. The second kappa shape index (κ2) is 17.3. The molecular weight excluding hydrogens is 682 g/mol. The van der Waals surface area contributed by atoms with Crippen LogP contribution >= 0.6 is 0 Å². The second-order valence-corrected chi connectivity index (χ2v) is 12.6. The minimum absolute atomic E-state index is 0.00591. The quantitative estimate of drug-likeness (QED) is 0.0390. The molecule has 0 saturated heterocycles. The van der Waals surface area contributed by atoms with Gasteiger partial charge in [-0.2, -0.15) is 8.42 Å². The van der Waals surface area contributed by atoms with E-state index in [1.165, 1.54) is 12.1 Å². The van der Waals surface area contributed by atoms with Crippen molar-refractivity contribution >= 4 is 44.7 Å². The van der Waals surface area contributed by atoms with Gasteiger partial charge in [0.25, 0.3) is 27.4 Å². The lowest BCUT2D eigenvalue weighted by Gasteiger charge is -2.17. The number of rotatable bonds is 18. The van der Waals surface area contributed by atoms with Crippen LogP contribution < -0.4 is 9.64 Å². The van der Waals surface area contributed by atoms with Crippen molar-refractivity contribution in [3.63, 3.8) is 0 Å². The lowest BCUT2D eigenvalue weighted by Crippen LogP contribution is -2.25. The molecule has 1 heterocycles. The van der Waals surface area contributed by atoms with Crippen molar-refractivity contribution in [2.24, 2.45) is 0 Å². The number of non-ortho nitro benzene ring substituents is 2. The molecule has 1 aliphatic heterocycles. The van der Waals surface area contributed by atoms with E-state index >= 15 is 0 Å². The third-order valence-electron chi connectivity index (χ3n) is 7.55. The summed E-state index contributed by atoms with van der Waals surface area (Å²) in [7, 11) is -4.06. The molecule has 0 saturated carbocycles. The van der Waals surface area contributed by atoms with E-state index in [2.05, 4.69) is 0 Å². The van der Waals surface area contributed by atoms with Crippen LogP contribution in [-0.2, 0) is 35.1 Å². The molecule has 0 bridgehead atoms. The van der Waals surface area contributed by atoms with E-state index < -0.39 is 20.0 Å². The zero-order valence-electron chi connectivity index (χ0n) is 27.2. The van der Waals surface area contributed by atoms with Gasteiger partial charge in [-0.1, -0.05) is 42.5 Å². The molecule has 14 nitrogen and oxygen atoms in total. The average Bonchev–Trinajstić information content (AvgIpc) is 3.39. The van der Waals surface area contributed by atoms with Crippen LogP contribution in [0.2, 0.25) is 0 Å². The summed E-state index contributed by atoms with van der Waals surface area (Å²) in [5, 5.41) is 21.6.